The van der Waals surface area contributed by atoms with Gasteiger partial charge in [-0.3, -0.25) is 0 Å². The molecule has 0 aliphatic carbocycles. The summed E-state index contributed by atoms with van der Waals surface area (Å²) in [5.74, 6) is 3.20. The van der Waals surface area contributed by atoms with E-state index in [4.69, 9.17) is 0 Å². The van der Waals surface area contributed by atoms with E-state index in [9.17, 15) is 0 Å². The number of rotatable bonds is 20. The fourth-order valence-corrected chi connectivity index (χ4v) is 20.3. The Balaban J connectivity index is 0.000000472. The molecule has 0 radical (unpaired) electrons. The molecule has 72 heavy (non-hydrogen) atoms. The molecule has 0 aromatic heterocycles. The van der Waals surface area contributed by atoms with Crippen LogP contribution >= 0.6 is 31.7 Å². The van der Waals surface area contributed by atoms with Crippen molar-refractivity contribution in [3.63, 3.8) is 0 Å². The molecular formula is C64H88Cl2P4Zr2-2. The Morgan fingerprint density at radius 1 is 0.319 bits per heavy atom. The maximum atomic E-state index is 2.42. The van der Waals surface area contributed by atoms with Gasteiger partial charge < -0.3 is 24.8 Å². The zero-order chi connectivity index (χ0) is 49.0. The largest absolute Gasteiger partial charge is 2.00 e. The van der Waals surface area contributed by atoms with E-state index in [1.807, 2.05) is 0 Å². The molecule has 388 valence electrons. The summed E-state index contributed by atoms with van der Waals surface area (Å²) in [6, 6.07) is 54.2. The second-order valence-electron chi connectivity index (χ2n) is 20.7. The summed E-state index contributed by atoms with van der Waals surface area (Å²) < 4.78 is 0. The smallest absolute Gasteiger partial charge is 1.00 e. The molecule has 0 saturated carbocycles. The molecule has 8 aromatic rings. The van der Waals surface area contributed by atoms with Gasteiger partial charge in [-0.25, -0.2) is 0 Å². The maximum Gasteiger partial charge on any atom is 2.00 e. The second kappa shape index (κ2) is 37.2. The van der Waals surface area contributed by atoms with Crippen LogP contribution in [-0.4, -0.2) is 49.3 Å². The molecule has 0 amide bonds. The predicted molar refractivity (Wildman–Crippen MR) is 324 cm³/mol. The van der Waals surface area contributed by atoms with Gasteiger partial charge in [-0.15, -0.1) is 161 Å². The first-order valence-corrected chi connectivity index (χ1v) is 33.3. The van der Waals surface area contributed by atoms with Crippen molar-refractivity contribution < 1.29 is 77.2 Å². The SMILES string of the molecule is CC(C)CP(CC(C)C)c1cc2ccccc2[cH-]1.CC(C)CP(CC(C)C)c1cc2ccccc2[cH-]1.CCCP(CCC)c1cc2ccccc2[cH-]1.CCCP(CCC)c1cc2ccccc2[cH-]1.[Cl-].[Cl-].[Zr+2].[Zr+2]. The van der Waals surface area contributed by atoms with Crippen LogP contribution in [0.2, 0.25) is 0 Å². The van der Waals surface area contributed by atoms with Crippen molar-refractivity contribution in [1.29, 1.82) is 0 Å². The van der Waals surface area contributed by atoms with Gasteiger partial charge in [-0.1, -0.05) is 165 Å². The fraction of sp³-hybridized carbons (Fsp3) is 0.438. The molecule has 0 saturated heterocycles. The molecule has 0 fully saturated rings. The van der Waals surface area contributed by atoms with Gasteiger partial charge in [-0.05, 0) is 73.0 Å². The minimum atomic E-state index is 0. The van der Waals surface area contributed by atoms with Crippen LogP contribution in [0.15, 0.2) is 146 Å². The van der Waals surface area contributed by atoms with Crippen molar-refractivity contribution in [1.82, 2.24) is 0 Å². The summed E-state index contributed by atoms with van der Waals surface area (Å²) in [7, 11) is 0.231. The van der Waals surface area contributed by atoms with Crippen molar-refractivity contribution in [3.8, 4) is 0 Å². The Kier molecular flexibility index (Phi) is 35.9. The monoisotopic (exact) mass is 1230 g/mol. The first-order chi connectivity index (χ1) is 32.8. The van der Waals surface area contributed by atoms with Crippen molar-refractivity contribution in [2.24, 2.45) is 23.7 Å². The Morgan fingerprint density at radius 2 is 0.514 bits per heavy atom. The normalized spacial score (nSPS) is 11.2. The zero-order valence-electron chi connectivity index (χ0n) is 46.2. The molecule has 8 heteroatoms. The standard InChI is InChI=1S/2C17H24P.2C15H20P.2ClH.2Zr/c2*1-13(2)11-18(12-14(3)4)17-9-15-7-5-6-8-16(15)10-17;2*1-3-9-16(10-4-2)15-11-13-7-5-6-8-14(13)12-15;;;;/h2*5-10,13-14H,11-12H2,1-4H3;2*5-8,11-12H,3-4,9-10H2,1-2H3;2*1H;;/q4*-1;;;2*+2/p-2. The summed E-state index contributed by atoms with van der Waals surface area (Å²) in [6.45, 7) is 28.0. The average Bonchev–Trinajstić information content (AvgIpc) is 4.13. The molecule has 0 heterocycles. The third kappa shape index (κ3) is 22.8. The van der Waals surface area contributed by atoms with Crippen molar-refractivity contribution >= 4 is 96.0 Å². The van der Waals surface area contributed by atoms with E-state index in [0.29, 0.717) is 0 Å². The van der Waals surface area contributed by atoms with Gasteiger partial charge >= 0.3 is 52.4 Å². The van der Waals surface area contributed by atoms with E-state index in [1.54, 1.807) is 21.2 Å². The number of benzene rings is 4. The number of hydrogen-bond donors (Lipinski definition) is 0. The topological polar surface area (TPSA) is 0 Å². The van der Waals surface area contributed by atoms with Gasteiger partial charge in [0.25, 0.3) is 0 Å². The molecular weight excluding hydrogens is 1150 g/mol. The number of fused-ring (bicyclic) bond motifs is 4. The Hall–Kier alpha value is -0.614. The summed E-state index contributed by atoms with van der Waals surface area (Å²) in [5, 5.41) is 17.7. The Labute approximate surface area is 495 Å². The van der Waals surface area contributed by atoms with Crippen LogP contribution < -0.4 is 46.0 Å². The van der Waals surface area contributed by atoms with Crippen molar-refractivity contribution in [2.75, 3.05) is 49.3 Å². The summed E-state index contributed by atoms with van der Waals surface area (Å²) in [6.07, 6.45) is 16.3. The van der Waals surface area contributed by atoms with Gasteiger partial charge in [0.1, 0.15) is 0 Å². The molecule has 0 aliphatic rings. The third-order valence-corrected chi connectivity index (χ3v) is 24.8. The second-order valence-corrected chi connectivity index (χ2v) is 30.4. The first kappa shape index (κ1) is 69.4. The summed E-state index contributed by atoms with van der Waals surface area (Å²) >= 11 is 0. The van der Waals surface area contributed by atoms with Crippen LogP contribution in [-0.2, 0) is 52.4 Å². The minimum Gasteiger partial charge on any atom is -1.00 e. The Bertz CT molecular complexity index is 2270. The van der Waals surface area contributed by atoms with Crippen LogP contribution in [0.25, 0.3) is 43.1 Å². The molecule has 0 spiro atoms. The quantitative estimate of drug-likeness (QED) is 0.0527. The maximum absolute atomic E-state index is 2.42. The van der Waals surface area contributed by atoms with Crippen LogP contribution in [0.4, 0.5) is 0 Å². The third-order valence-electron chi connectivity index (χ3n) is 12.2. The molecule has 8 rings (SSSR count). The summed E-state index contributed by atoms with van der Waals surface area (Å²) in [4.78, 5) is 0. The van der Waals surface area contributed by atoms with Gasteiger partial charge in [0.05, 0.1) is 0 Å². The van der Waals surface area contributed by atoms with E-state index in [-0.39, 0.29) is 109 Å². The molecule has 0 N–H and O–H groups in total. The van der Waals surface area contributed by atoms with E-state index >= 15 is 0 Å². The van der Waals surface area contributed by atoms with E-state index < -0.39 is 0 Å². The average molecular weight is 1230 g/mol. The number of hydrogen-bond acceptors (Lipinski definition) is 0. The van der Waals surface area contributed by atoms with E-state index in [1.165, 1.54) is 118 Å². The fourth-order valence-electron chi connectivity index (χ4n) is 9.42. The van der Waals surface area contributed by atoms with Crippen molar-refractivity contribution in [2.45, 2.75) is 109 Å². The molecule has 0 aliphatic heterocycles. The minimum absolute atomic E-state index is 0. The number of halogens is 2. The van der Waals surface area contributed by atoms with Gasteiger partial charge in [0, 0.05) is 0 Å². The van der Waals surface area contributed by atoms with Crippen LogP contribution in [0.5, 0.6) is 0 Å². The van der Waals surface area contributed by atoms with E-state index in [0.717, 1.165) is 23.7 Å². The Morgan fingerprint density at radius 3 is 0.694 bits per heavy atom. The predicted octanol–water partition coefficient (Wildman–Crippen LogP) is 12.9. The van der Waals surface area contributed by atoms with Crippen LogP contribution in [0.1, 0.15) is 109 Å². The van der Waals surface area contributed by atoms with E-state index in [2.05, 4.69) is 229 Å². The first-order valence-electron chi connectivity index (χ1n) is 26.4. The molecule has 0 unspecified atom stereocenters. The van der Waals surface area contributed by atoms with Crippen LogP contribution in [0.3, 0.4) is 0 Å². The van der Waals surface area contributed by atoms with Gasteiger partial charge in [-0.2, -0.15) is 24.3 Å². The van der Waals surface area contributed by atoms with Gasteiger partial charge in [0.2, 0.25) is 0 Å². The molecule has 0 bridgehead atoms. The molecule has 8 aromatic carbocycles. The zero-order valence-corrected chi connectivity index (χ0v) is 56.2. The molecule has 0 atom stereocenters. The molecule has 0 nitrogen and oxygen atoms in total. The summed E-state index contributed by atoms with van der Waals surface area (Å²) in [5.41, 5.74) is 0. The van der Waals surface area contributed by atoms with Crippen LogP contribution in [0, 0.1) is 23.7 Å². The van der Waals surface area contributed by atoms with Crippen molar-refractivity contribution in [3.05, 3.63) is 146 Å². The van der Waals surface area contributed by atoms with Gasteiger partial charge in [0.15, 0.2) is 0 Å².